The Morgan fingerprint density at radius 1 is 1.12 bits per heavy atom. The Balaban J connectivity index is 1.61. The number of nitrogens with zero attached hydrogens (tertiary/aromatic N) is 2. The summed E-state index contributed by atoms with van der Waals surface area (Å²) in [5, 5.41) is 15.7. The summed E-state index contributed by atoms with van der Waals surface area (Å²) in [6.07, 6.45) is 0.891. The maximum Gasteiger partial charge on any atom is 0.258 e. The van der Waals surface area contributed by atoms with Crippen LogP contribution in [-0.4, -0.2) is 31.5 Å². The standard InChI is InChI=1S/C27H24N4O2/c1-31(2)16-17-3-8-21(9-4-17)29-26(20-7-6-19-11-12-33-24(19)14-20)25-22-10-5-18(15-28)13-23(22)30-27(25)32/h3-10,13-14,29H,11-12,16H2,1-2H3,(H,30,32). The number of anilines is 2. The first-order valence-corrected chi connectivity index (χ1v) is 10.9. The van der Waals surface area contributed by atoms with Gasteiger partial charge in [-0.15, -0.1) is 0 Å². The third kappa shape index (κ3) is 4.07. The molecule has 0 saturated carbocycles. The topological polar surface area (TPSA) is 77.4 Å². The lowest BCUT2D eigenvalue weighted by atomic mass is 9.98. The second kappa shape index (κ2) is 8.45. The highest BCUT2D eigenvalue weighted by atomic mass is 16.5. The molecule has 1 amide bonds. The van der Waals surface area contributed by atoms with Crippen LogP contribution in [-0.2, 0) is 17.8 Å². The Hall–Kier alpha value is -4.08. The van der Waals surface area contributed by atoms with Crippen LogP contribution in [0, 0.1) is 11.3 Å². The van der Waals surface area contributed by atoms with Crippen molar-refractivity contribution < 1.29 is 9.53 Å². The van der Waals surface area contributed by atoms with Gasteiger partial charge in [0, 0.05) is 29.8 Å². The molecule has 0 spiro atoms. The molecule has 3 aromatic carbocycles. The van der Waals surface area contributed by atoms with E-state index in [-0.39, 0.29) is 5.91 Å². The van der Waals surface area contributed by atoms with Gasteiger partial charge in [0.1, 0.15) is 5.75 Å². The van der Waals surface area contributed by atoms with E-state index in [1.165, 1.54) is 11.1 Å². The minimum Gasteiger partial charge on any atom is -0.493 e. The third-order valence-corrected chi connectivity index (χ3v) is 5.85. The zero-order valence-electron chi connectivity index (χ0n) is 18.6. The fourth-order valence-corrected chi connectivity index (χ4v) is 4.29. The average Bonchev–Trinajstić information content (AvgIpc) is 3.40. The highest BCUT2D eigenvalue weighted by Gasteiger charge is 2.29. The molecule has 0 atom stereocenters. The van der Waals surface area contributed by atoms with Crippen LogP contribution in [0.3, 0.4) is 0 Å². The van der Waals surface area contributed by atoms with Crippen molar-refractivity contribution in [2.75, 3.05) is 31.3 Å². The van der Waals surface area contributed by atoms with Gasteiger partial charge in [0.2, 0.25) is 0 Å². The first kappa shape index (κ1) is 20.8. The van der Waals surface area contributed by atoms with Crippen molar-refractivity contribution in [3.05, 3.63) is 88.5 Å². The smallest absolute Gasteiger partial charge is 0.258 e. The Morgan fingerprint density at radius 2 is 1.94 bits per heavy atom. The van der Waals surface area contributed by atoms with Gasteiger partial charge in [0.25, 0.3) is 5.91 Å². The van der Waals surface area contributed by atoms with E-state index in [1.54, 1.807) is 12.1 Å². The van der Waals surface area contributed by atoms with Crippen LogP contribution in [0.25, 0.3) is 11.3 Å². The number of carbonyl (C=O) groups excluding carboxylic acids is 1. The molecule has 164 valence electrons. The molecule has 2 aliphatic heterocycles. The number of fused-ring (bicyclic) bond motifs is 2. The molecule has 0 aromatic heterocycles. The van der Waals surface area contributed by atoms with E-state index in [0.717, 1.165) is 35.5 Å². The second-order valence-corrected chi connectivity index (χ2v) is 8.56. The fourth-order valence-electron chi connectivity index (χ4n) is 4.29. The van der Waals surface area contributed by atoms with E-state index < -0.39 is 0 Å². The number of nitrogens with one attached hydrogen (secondary N) is 2. The number of carbonyl (C=O) groups is 1. The second-order valence-electron chi connectivity index (χ2n) is 8.56. The normalized spacial score (nSPS) is 15.4. The Bertz CT molecular complexity index is 1320. The van der Waals surface area contributed by atoms with Crippen molar-refractivity contribution in [2.45, 2.75) is 13.0 Å². The third-order valence-electron chi connectivity index (χ3n) is 5.85. The summed E-state index contributed by atoms with van der Waals surface area (Å²) in [5.74, 6) is 0.653. The van der Waals surface area contributed by atoms with Crippen molar-refractivity contribution in [3.8, 4) is 11.8 Å². The van der Waals surface area contributed by atoms with E-state index in [2.05, 4.69) is 39.8 Å². The summed E-state index contributed by atoms with van der Waals surface area (Å²) < 4.78 is 5.79. The summed E-state index contributed by atoms with van der Waals surface area (Å²) >= 11 is 0. The van der Waals surface area contributed by atoms with Crippen LogP contribution in [0.4, 0.5) is 11.4 Å². The van der Waals surface area contributed by atoms with Crippen molar-refractivity contribution in [3.63, 3.8) is 0 Å². The van der Waals surface area contributed by atoms with Crippen molar-refractivity contribution in [1.82, 2.24) is 4.90 Å². The molecule has 5 rings (SSSR count). The van der Waals surface area contributed by atoms with Crippen LogP contribution in [0.1, 0.15) is 27.8 Å². The highest BCUT2D eigenvalue weighted by Crippen LogP contribution is 2.39. The predicted molar refractivity (Wildman–Crippen MR) is 130 cm³/mol. The van der Waals surface area contributed by atoms with Crippen molar-refractivity contribution in [1.29, 1.82) is 5.26 Å². The Morgan fingerprint density at radius 3 is 2.70 bits per heavy atom. The van der Waals surface area contributed by atoms with Gasteiger partial charge < -0.3 is 20.3 Å². The number of ether oxygens (including phenoxy) is 1. The summed E-state index contributed by atoms with van der Waals surface area (Å²) in [6, 6.07) is 21.7. The molecule has 2 heterocycles. The van der Waals surface area contributed by atoms with Gasteiger partial charge in [-0.1, -0.05) is 30.3 Å². The van der Waals surface area contributed by atoms with Crippen LogP contribution < -0.4 is 15.4 Å². The largest absolute Gasteiger partial charge is 0.493 e. The first-order valence-electron chi connectivity index (χ1n) is 10.9. The lowest BCUT2D eigenvalue weighted by Crippen LogP contribution is -2.11. The van der Waals surface area contributed by atoms with Gasteiger partial charge in [-0.25, -0.2) is 0 Å². The van der Waals surface area contributed by atoms with Gasteiger partial charge in [-0.3, -0.25) is 4.79 Å². The van der Waals surface area contributed by atoms with Crippen LogP contribution >= 0.6 is 0 Å². The number of benzene rings is 3. The van der Waals surface area contributed by atoms with Crippen LogP contribution in [0.2, 0.25) is 0 Å². The van der Waals surface area contributed by atoms with E-state index in [0.29, 0.717) is 29.1 Å². The molecule has 0 radical (unpaired) electrons. The minimum absolute atomic E-state index is 0.201. The van der Waals surface area contributed by atoms with Crippen LogP contribution in [0.15, 0.2) is 60.7 Å². The molecule has 33 heavy (non-hydrogen) atoms. The fraction of sp³-hybridized carbons (Fsp3) is 0.185. The average molecular weight is 437 g/mol. The monoisotopic (exact) mass is 436 g/mol. The molecule has 6 heteroatoms. The number of amides is 1. The molecule has 0 saturated heterocycles. The maximum atomic E-state index is 13.1. The van der Waals surface area contributed by atoms with E-state index in [1.807, 2.05) is 44.4 Å². The molecule has 3 aromatic rings. The molecule has 0 bridgehead atoms. The molecule has 2 aliphatic rings. The van der Waals surface area contributed by atoms with Gasteiger partial charge in [-0.2, -0.15) is 5.26 Å². The molecule has 2 N–H and O–H groups in total. The quantitative estimate of drug-likeness (QED) is 0.577. The van der Waals surface area contributed by atoms with Crippen molar-refractivity contribution >= 4 is 28.6 Å². The summed E-state index contributed by atoms with van der Waals surface area (Å²) in [5.41, 5.74) is 7.31. The zero-order chi connectivity index (χ0) is 22.9. The van der Waals surface area contributed by atoms with E-state index in [4.69, 9.17) is 4.74 Å². The van der Waals surface area contributed by atoms with Crippen molar-refractivity contribution in [2.24, 2.45) is 0 Å². The first-order chi connectivity index (χ1) is 16.0. The SMILES string of the molecule is CN(C)Cc1ccc(NC(=C2C(=O)Nc3cc(C#N)ccc32)c2ccc3c(c2)OCC3)cc1. The number of hydrogen-bond donors (Lipinski definition) is 2. The summed E-state index contributed by atoms with van der Waals surface area (Å²) in [6.45, 7) is 1.53. The predicted octanol–water partition coefficient (Wildman–Crippen LogP) is 4.49. The van der Waals surface area contributed by atoms with Gasteiger partial charge >= 0.3 is 0 Å². The van der Waals surface area contributed by atoms with Gasteiger partial charge in [-0.05, 0) is 55.6 Å². The lowest BCUT2D eigenvalue weighted by Gasteiger charge is -2.16. The highest BCUT2D eigenvalue weighted by molar-refractivity contribution is 6.37. The number of nitriles is 1. The summed E-state index contributed by atoms with van der Waals surface area (Å²) in [7, 11) is 4.08. The lowest BCUT2D eigenvalue weighted by molar-refractivity contribution is -0.110. The Labute approximate surface area is 193 Å². The molecular weight excluding hydrogens is 412 g/mol. The minimum atomic E-state index is -0.201. The molecule has 0 aliphatic carbocycles. The number of rotatable bonds is 5. The maximum absolute atomic E-state index is 13.1. The molecule has 0 unspecified atom stereocenters. The summed E-state index contributed by atoms with van der Waals surface area (Å²) in [4.78, 5) is 15.2. The molecular formula is C27H24N4O2. The zero-order valence-corrected chi connectivity index (χ0v) is 18.6. The number of hydrogen-bond acceptors (Lipinski definition) is 5. The van der Waals surface area contributed by atoms with Gasteiger partial charge in [0.15, 0.2) is 0 Å². The van der Waals surface area contributed by atoms with Crippen LogP contribution in [0.5, 0.6) is 5.75 Å². The van der Waals surface area contributed by atoms with E-state index >= 15 is 0 Å². The molecule has 6 nitrogen and oxygen atoms in total. The van der Waals surface area contributed by atoms with E-state index in [9.17, 15) is 10.1 Å². The molecule has 0 fully saturated rings. The Kier molecular flexibility index (Phi) is 5.33. The van der Waals surface area contributed by atoms with Gasteiger partial charge in [0.05, 0.1) is 35.2 Å².